The monoisotopic (exact) mass is 333 g/mol. The van der Waals surface area contributed by atoms with Gasteiger partial charge in [0.1, 0.15) is 4.90 Å². The van der Waals surface area contributed by atoms with Crippen LogP contribution in [-0.2, 0) is 10.0 Å². The normalized spacial score (nSPS) is 23.9. The molecule has 0 aliphatic carbocycles. The Labute approximate surface area is 130 Å². The van der Waals surface area contributed by atoms with Crippen LogP contribution in [0.5, 0.6) is 0 Å². The Hall–Kier alpha value is -0.860. The molecule has 2 unspecified atom stereocenters. The molecule has 3 N–H and O–H groups in total. The Morgan fingerprint density at radius 1 is 1.48 bits per heavy atom. The molecule has 1 aliphatic heterocycles. The molecule has 1 aromatic carbocycles. The first-order valence-corrected chi connectivity index (χ1v) is 8.43. The highest BCUT2D eigenvalue weighted by Gasteiger charge is 2.40. The number of halogens is 1. The first-order chi connectivity index (χ1) is 9.71. The van der Waals surface area contributed by atoms with Gasteiger partial charge < -0.3 is 15.7 Å². The lowest BCUT2D eigenvalue weighted by molar-refractivity contribution is 0.188. The number of benzene rings is 1. The highest BCUT2D eigenvalue weighted by molar-refractivity contribution is 7.89. The molecule has 8 heteroatoms. The third-order valence-corrected chi connectivity index (χ3v) is 5.69. The van der Waals surface area contributed by atoms with Gasteiger partial charge in [0.25, 0.3) is 0 Å². The summed E-state index contributed by atoms with van der Waals surface area (Å²) in [7, 11) is -0.0537. The van der Waals surface area contributed by atoms with E-state index in [9.17, 15) is 13.5 Å². The molecule has 0 aromatic heterocycles. The Balaban J connectivity index is 2.39. The maximum absolute atomic E-state index is 12.8. The van der Waals surface area contributed by atoms with Crippen LogP contribution in [0.1, 0.15) is 6.42 Å². The van der Waals surface area contributed by atoms with Crippen molar-refractivity contribution in [3.63, 3.8) is 0 Å². The van der Waals surface area contributed by atoms with Gasteiger partial charge in [-0.3, -0.25) is 0 Å². The molecule has 21 heavy (non-hydrogen) atoms. The lowest BCUT2D eigenvalue weighted by Gasteiger charge is -2.26. The second-order valence-electron chi connectivity index (χ2n) is 5.56. The van der Waals surface area contributed by atoms with Crippen LogP contribution in [0, 0.1) is 0 Å². The van der Waals surface area contributed by atoms with E-state index in [1.807, 2.05) is 19.0 Å². The smallest absolute Gasteiger partial charge is 0.245 e. The van der Waals surface area contributed by atoms with Gasteiger partial charge in [-0.15, -0.1) is 0 Å². The Morgan fingerprint density at radius 3 is 2.76 bits per heavy atom. The zero-order chi connectivity index (χ0) is 15.8. The number of aliphatic hydroxyl groups excluding tert-OH is 1. The molecule has 1 saturated heterocycles. The van der Waals surface area contributed by atoms with Crippen LogP contribution >= 0.6 is 11.6 Å². The lowest BCUT2D eigenvalue weighted by atomic mass is 10.2. The van der Waals surface area contributed by atoms with E-state index in [4.69, 9.17) is 17.3 Å². The molecule has 0 spiro atoms. The van der Waals surface area contributed by atoms with Gasteiger partial charge >= 0.3 is 0 Å². The minimum atomic E-state index is -3.78. The summed E-state index contributed by atoms with van der Waals surface area (Å²) in [5.41, 5.74) is 5.94. The van der Waals surface area contributed by atoms with Crippen molar-refractivity contribution in [1.29, 1.82) is 0 Å². The molecule has 0 bridgehead atoms. The minimum Gasteiger partial charge on any atom is -0.398 e. The fourth-order valence-corrected chi connectivity index (χ4v) is 4.65. The number of hydrogen-bond donors (Lipinski definition) is 2. The van der Waals surface area contributed by atoms with Gasteiger partial charge in [-0.25, -0.2) is 8.42 Å². The number of β-amino-alcohol motifs (C(OH)–C–C–N with tert-alkyl or cyclic N) is 1. The van der Waals surface area contributed by atoms with E-state index in [0.29, 0.717) is 18.0 Å². The maximum Gasteiger partial charge on any atom is 0.245 e. The molecular formula is C13H20ClN3O3S. The molecule has 118 valence electrons. The van der Waals surface area contributed by atoms with Crippen LogP contribution in [0.4, 0.5) is 5.69 Å². The maximum atomic E-state index is 12.8. The summed E-state index contributed by atoms with van der Waals surface area (Å²) in [5, 5.41) is 10.1. The van der Waals surface area contributed by atoms with Gasteiger partial charge in [0.05, 0.1) is 11.8 Å². The van der Waals surface area contributed by atoms with Crippen molar-refractivity contribution in [2.45, 2.75) is 23.5 Å². The summed E-state index contributed by atoms with van der Waals surface area (Å²) in [6.45, 7) is 0.615. The molecule has 2 rings (SSSR count). The second-order valence-corrected chi connectivity index (χ2v) is 7.86. The third-order valence-electron chi connectivity index (χ3n) is 3.48. The molecule has 0 radical (unpaired) electrons. The number of nitrogen functional groups attached to an aromatic ring is 1. The highest BCUT2D eigenvalue weighted by Crippen LogP contribution is 2.31. The molecule has 0 saturated carbocycles. The van der Waals surface area contributed by atoms with Gasteiger partial charge in [-0.05, 0) is 38.7 Å². The lowest BCUT2D eigenvalue weighted by Crippen LogP contribution is -2.41. The Morgan fingerprint density at radius 2 is 2.14 bits per heavy atom. The van der Waals surface area contributed by atoms with Crippen LogP contribution < -0.4 is 5.73 Å². The van der Waals surface area contributed by atoms with Crippen LogP contribution in [0.2, 0.25) is 5.02 Å². The summed E-state index contributed by atoms with van der Waals surface area (Å²) in [4.78, 5) is 1.89. The van der Waals surface area contributed by atoms with Crippen molar-refractivity contribution in [2.24, 2.45) is 0 Å². The molecule has 1 aliphatic rings. The Kier molecular flexibility index (Phi) is 4.79. The van der Waals surface area contributed by atoms with Crippen molar-refractivity contribution >= 4 is 27.3 Å². The first-order valence-electron chi connectivity index (χ1n) is 6.61. The van der Waals surface area contributed by atoms with Crippen LogP contribution in [0.3, 0.4) is 0 Å². The van der Waals surface area contributed by atoms with Crippen molar-refractivity contribution in [2.75, 3.05) is 32.9 Å². The predicted molar refractivity (Wildman–Crippen MR) is 82.7 cm³/mol. The number of nitrogens with two attached hydrogens (primary N) is 1. The number of likely N-dealkylation sites (N-methyl/N-ethyl adjacent to an activating group) is 1. The SMILES string of the molecule is CN(C)CC1CC(O)CN1S(=O)(=O)c1cc(Cl)ccc1N. The van der Waals surface area contributed by atoms with E-state index in [2.05, 4.69) is 0 Å². The fourth-order valence-electron chi connectivity index (χ4n) is 2.60. The summed E-state index contributed by atoms with van der Waals surface area (Å²) in [6, 6.07) is 4.09. The van der Waals surface area contributed by atoms with E-state index < -0.39 is 16.1 Å². The second kappa shape index (κ2) is 6.10. The summed E-state index contributed by atoms with van der Waals surface area (Å²) < 4.78 is 26.9. The molecule has 1 heterocycles. The minimum absolute atomic E-state index is 0.00661. The Bertz CT molecular complexity index is 621. The molecule has 1 fully saturated rings. The largest absolute Gasteiger partial charge is 0.398 e. The molecule has 0 amide bonds. The quantitative estimate of drug-likeness (QED) is 0.788. The first kappa shape index (κ1) is 16.5. The van der Waals surface area contributed by atoms with Crippen LogP contribution in [0.25, 0.3) is 0 Å². The van der Waals surface area contributed by atoms with Crippen LogP contribution in [0.15, 0.2) is 23.1 Å². The van der Waals surface area contributed by atoms with Crippen molar-refractivity contribution in [3.8, 4) is 0 Å². The van der Waals surface area contributed by atoms with E-state index in [0.717, 1.165) is 0 Å². The van der Waals surface area contributed by atoms with E-state index >= 15 is 0 Å². The molecular weight excluding hydrogens is 314 g/mol. The molecule has 2 atom stereocenters. The summed E-state index contributed by atoms with van der Waals surface area (Å²) in [6.07, 6.45) is -0.247. The number of hydrogen-bond acceptors (Lipinski definition) is 5. The highest BCUT2D eigenvalue weighted by atomic mass is 35.5. The van der Waals surface area contributed by atoms with Crippen LogP contribution in [-0.4, -0.2) is 62.1 Å². The van der Waals surface area contributed by atoms with Crippen molar-refractivity contribution in [3.05, 3.63) is 23.2 Å². The van der Waals surface area contributed by atoms with Gasteiger partial charge in [0.15, 0.2) is 0 Å². The summed E-state index contributed by atoms with van der Waals surface area (Å²) in [5.74, 6) is 0. The number of rotatable bonds is 4. The van der Waals surface area contributed by atoms with Crippen molar-refractivity contribution < 1.29 is 13.5 Å². The standard InChI is InChI=1S/C13H20ClN3O3S/c1-16(2)7-10-6-11(18)8-17(10)21(19,20)13-5-9(14)3-4-12(13)15/h3-5,10-11,18H,6-8,15H2,1-2H3. The number of anilines is 1. The van der Waals surface area contributed by atoms with E-state index in [1.165, 1.54) is 16.4 Å². The fraction of sp³-hybridized carbons (Fsp3) is 0.538. The molecule has 6 nitrogen and oxygen atoms in total. The third kappa shape index (κ3) is 3.49. The summed E-state index contributed by atoms with van der Waals surface area (Å²) >= 11 is 5.88. The van der Waals surface area contributed by atoms with Gasteiger partial charge in [-0.2, -0.15) is 4.31 Å². The predicted octanol–water partition coefficient (Wildman–Crippen LogP) is 0.608. The zero-order valence-corrected chi connectivity index (χ0v) is 13.6. The topological polar surface area (TPSA) is 86.9 Å². The zero-order valence-electron chi connectivity index (χ0n) is 12.0. The van der Waals surface area contributed by atoms with Crippen molar-refractivity contribution in [1.82, 2.24) is 9.21 Å². The van der Waals surface area contributed by atoms with Gasteiger partial charge in [-0.1, -0.05) is 11.6 Å². The van der Waals surface area contributed by atoms with Gasteiger partial charge in [0, 0.05) is 24.2 Å². The molecule has 1 aromatic rings. The average molecular weight is 334 g/mol. The van der Waals surface area contributed by atoms with E-state index in [1.54, 1.807) is 6.07 Å². The van der Waals surface area contributed by atoms with E-state index in [-0.39, 0.29) is 23.2 Å². The number of sulfonamides is 1. The average Bonchev–Trinajstić information content (AvgIpc) is 2.73. The van der Waals surface area contributed by atoms with Gasteiger partial charge in [0.2, 0.25) is 10.0 Å². The number of nitrogens with zero attached hydrogens (tertiary/aromatic N) is 2. The number of aliphatic hydroxyl groups is 1.